The zero-order chi connectivity index (χ0) is 12.8. The highest BCUT2D eigenvalue weighted by Gasteiger charge is 2.22. The van der Waals surface area contributed by atoms with Crippen LogP contribution < -0.4 is 11.3 Å². The summed E-state index contributed by atoms with van der Waals surface area (Å²) in [6.45, 7) is 3.87. The SMILES string of the molecule is CCCn1nncc1C(CC1CCCCO1)NN. The third-order valence-electron chi connectivity index (χ3n) is 3.41. The third kappa shape index (κ3) is 3.28. The Morgan fingerprint density at radius 3 is 3.17 bits per heavy atom. The molecule has 0 amide bonds. The first kappa shape index (κ1) is 13.5. The van der Waals surface area contributed by atoms with Crippen molar-refractivity contribution < 1.29 is 4.74 Å². The molecule has 0 aliphatic carbocycles. The number of nitrogens with one attached hydrogen (secondary N) is 1. The standard InChI is InChI=1S/C12H23N5O/c1-2-6-17-12(9-14-16-17)11(15-13)8-10-5-3-4-7-18-10/h9-11,15H,2-8,13H2,1H3. The summed E-state index contributed by atoms with van der Waals surface area (Å²) in [5.74, 6) is 5.67. The lowest BCUT2D eigenvalue weighted by Crippen LogP contribution is -2.34. The molecule has 3 N–H and O–H groups in total. The van der Waals surface area contributed by atoms with E-state index < -0.39 is 0 Å². The van der Waals surface area contributed by atoms with E-state index in [0.717, 1.165) is 38.1 Å². The first-order valence-electron chi connectivity index (χ1n) is 6.81. The number of hydrogen-bond acceptors (Lipinski definition) is 5. The van der Waals surface area contributed by atoms with Crippen LogP contribution in [-0.4, -0.2) is 27.7 Å². The normalized spacial score (nSPS) is 22.0. The molecular formula is C12H23N5O. The van der Waals surface area contributed by atoms with E-state index in [2.05, 4.69) is 22.7 Å². The number of aryl methyl sites for hydroxylation is 1. The Morgan fingerprint density at radius 1 is 1.61 bits per heavy atom. The van der Waals surface area contributed by atoms with Crippen LogP contribution in [0, 0.1) is 0 Å². The Labute approximate surface area is 108 Å². The lowest BCUT2D eigenvalue weighted by atomic mass is 10.0. The fourth-order valence-electron chi connectivity index (χ4n) is 2.45. The summed E-state index contributed by atoms with van der Waals surface area (Å²) < 4.78 is 7.69. The number of ether oxygens (including phenoxy) is 1. The van der Waals surface area contributed by atoms with Crippen LogP contribution in [0.25, 0.3) is 0 Å². The Morgan fingerprint density at radius 2 is 2.50 bits per heavy atom. The second kappa shape index (κ2) is 6.82. The van der Waals surface area contributed by atoms with E-state index in [1.165, 1.54) is 12.8 Å². The minimum atomic E-state index is 0.0645. The van der Waals surface area contributed by atoms with Gasteiger partial charge in [0.2, 0.25) is 0 Å². The maximum Gasteiger partial charge on any atom is 0.0771 e. The maximum atomic E-state index is 5.76. The predicted molar refractivity (Wildman–Crippen MR) is 68.6 cm³/mol. The van der Waals surface area contributed by atoms with Gasteiger partial charge in [0, 0.05) is 13.2 Å². The molecule has 0 radical (unpaired) electrons. The van der Waals surface area contributed by atoms with E-state index in [1.54, 1.807) is 6.20 Å². The lowest BCUT2D eigenvalue weighted by molar-refractivity contribution is 0.00449. The van der Waals surface area contributed by atoms with Gasteiger partial charge in [0.05, 0.1) is 24.0 Å². The van der Waals surface area contributed by atoms with E-state index in [-0.39, 0.29) is 6.04 Å². The van der Waals surface area contributed by atoms with E-state index in [9.17, 15) is 0 Å². The molecule has 1 aliphatic heterocycles. The highest BCUT2D eigenvalue weighted by Crippen LogP contribution is 2.23. The molecule has 1 aromatic rings. The number of hydrogen-bond donors (Lipinski definition) is 2. The number of rotatable bonds is 6. The summed E-state index contributed by atoms with van der Waals surface area (Å²) in [4.78, 5) is 0. The second-order valence-electron chi connectivity index (χ2n) is 4.83. The number of nitrogens with two attached hydrogens (primary N) is 1. The van der Waals surface area contributed by atoms with Gasteiger partial charge >= 0.3 is 0 Å². The van der Waals surface area contributed by atoms with Crippen molar-refractivity contribution in [2.45, 2.75) is 57.7 Å². The van der Waals surface area contributed by atoms with Crippen molar-refractivity contribution in [1.29, 1.82) is 0 Å². The van der Waals surface area contributed by atoms with Gasteiger partial charge in [-0.05, 0) is 32.1 Å². The average molecular weight is 253 g/mol. The minimum absolute atomic E-state index is 0.0645. The van der Waals surface area contributed by atoms with Crippen LogP contribution in [0.1, 0.15) is 50.8 Å². The highest BCUT2D eigenvalue weighted by atomic mass is 16.5. The molecule has 2 heterocycles. The van der Waals surface area contributed by atoms with E-state index in [4.69, 9.17) is 10.6 Å². The lowest BCUT2D eigenvalue weighted by Gasteiger charge is -2.26. The summed E-state index contributed by atoms with van der Waals surface area (Å²) in [6.07, 6.45) is 7.54. The molecule has 2 atom stereocenters. The van der Waals surface area contributed by atoms with Crippen molar-refractivity contribution in [3.05, 3.63) is 11.9 Å². The van der Waals surface area contributed by atoms with Gasteiger partial charge in [0.15, 0.2) is 0 Å². The van der Waals surface area contributed by atoms with Crippen LogP contribution >= 0.6 is 0 Å². The number of hydrazine groups is 1. The van der Waals surface area contributed by atoms with Gasteiger partial charge in [-0.15, -0.1) is 5.10 Å². The van der Waals surface area contributed by atoms with Crippen LogP contribution in [0.5, 0.6) is 0 Å². The maximum absolute atomic E-state index is 5.76. The van der Waals surface area contributed by atoms with Gasteiger partial charge in [-0.2, -0.15) is 0 Å². The second-order valence-corrected chi connectivity index (χ2v) is 4.83. The van der Waals surface area contributed by atoms with Crippen LogP contribution in [0.4, 0.5) is 0 Å². The molecule has 1 aliphatic rings. The van der Waals surface area contributed by atoms with E-state index >= 15 is 0 Å². The van der Waals surface area contributed by atoms with Crippen molar-refractivity contribution >= 4 is 0 Å². The minimum Gasteiger partial charge on any atom is -0.378 e. The largest absolute Gasteiger partial charge is 0.378 e. The molecule has 6 nitrogen and oxygen atoms in total. The molecule has 0 spiro atoms. The van der Waals surface area contributed by atoms with Crippen LogP contribution in [-0.2, 0) is 11.3 Å². The molecule has 102 valence electrons. The first-order valence-corrected chi connectivity index (χ1v) is 6.81. The molecule has 2 rings (SSSR count). The Hall–Kier alpha value is -0.980. The van der Waals surface area contributed by atoms with Crippen molar-refractivity contribution in [3.63, 3.8) is 0 Å². The highest BCUT2D eigenvalue weighted by molar-refractivity contribution is 5.02. The summed E-state index contributed by atoms with van der Waals surface area (Å²) in [5.41, 5.74) is 3.92. The Balaban J connectivity index is 2.00. The molecule has 1 aromatic heterocycles. The molecule has 0 aromatic carbocycles. The van der Waals surface area contributed by atoms with E-state index in [1.807, 2.05) is 4.68 Å². The van der Waals surface area contributed by atoms with Gasteiger partial charge in [-0.1, -0.05) is 12.1 Å². The van der Waals surface area contributed by atoms with Crippen molar-refractivity contribution in [2.24, 2.45) is 5.84 Å². The molecule has 1 saturated heterocycles. The first-order chi connectivity index (χ1) is 8.85. The zero-order valence-electron chi connectivity index (χ0n) is 11.0. The van der Waals surface area contributed by atoms with Gasteiger partial charge in [-0.25, -0.2) is 4.68 Å². The molecule has 18 heavy (non-hydrogen) atoms. The average Bonchev–Trinajstić information content (AvgIpc) is 2.86. The van der Waals surface area contributed by atoms with Crippen LogP contribution in [0.15, 0.2) is 6.20 Å². The Kier molecular flexibility index (Phi) is 5.10. The quantitative estimate of drug-likeness (QED) is 0.587. The van der Waals surface area contributed by atoms with Crippen molar-refractivity contribution in [1.82, 2.24) is 20.4 Å². The Bertz CT molecular complexity index is 348. The van der Waals surface area contributed by atoms with Crippen molar-refractivity contribution in [3.8, 4) is 0 Å². The fourth-order valence-corrected chi connectivity index (χ4v) is 2.45. The van der Waals surface area contributed by atoms with Crippen LogP contribution in [0.3, 0.4) is 0 Å². The van der Waals surface area contributed by atoms with Gasteiger partial charge in [0.1, 0.15) is 0 Å². The fraction of sp³-hybridized carbons (Fsp3) is 0.833. The molecule has 0 saturated carbocycles. The summed E-state index contributed by atoms with van der Waals surface area (Å²) in [7, 11) is 0. The zero-order valence-corrected chi connectivity index (χ0v) is 11.0. The molecule has 1 fully saturated rings. The van der Waals surface area contributed by atoms with Crippen molar-refractivity contribution in [2.75, 3.05) is 6.61 Å². The summed E-state index contributed by atoms with van der Waals surface area (Å²) >= 11 is 0. The van der Waals surface area contributed by atoms with E-state index in [0.29, 0.717) is 6.10 Å². The topological polar surface area (TPSA) is 78.0 Å². The molecule has 0 bridgehead atoms. The van der Waals surface area contributed by atoms with Gasteiger partial charge in [-0.3, -0.25) is 11.3 Å². The third-order valence-corrected chi connectivity index (χ3v) is 3.41. The predicted octanol–water partition coefficient (Wildman–Crippen LogP) is 1.15. The summed E-state index contributed by atoms with van der Waals surface area (Å²) in [5, 5.41) is 8.08. The molecule has 6 heteroatoms. The summed E-state index contributed by atoms with van der Waals surface area (Å²) in [6, 6.07) is 0.0645. The van der Waals surface area contributed by atoms with Crippen LogP contribution in [0.2, 0.25) is 0 Å². The van der Waals surface area contributed by atoms with Gasteiger partial charge < -0.3 is 4.74 Å². The number of nitrogens with zero attached hydrogens (tertiary/aromatic N) is 3. The smallest absolute Gasteiger partial charge is 0.0771 e. The molecular weight excluding hydrogens is 230 g/mol. The molecule has 2 unspecified atom stereocenters. The number of aromatic nitrogens is 3. The van der Waals surface area contributed by atoms with Gasteiger partial charge in [0.25, 0.3) is 0 Å². The monoisotopic (exact) mass is 253 g/mol.